The molecule has 1 aliphatic heterocycles. The van der Waals surface area contributed by atoms with E-state index in [2.05, 4.69) is 21.9 Å². The molecule has 1 atom stereocenters. The molecular weight excluding hydrogens is 434 g/mol. The largest absolute Gasteiger partial charge is 0.468 e. The first-order chi connectivity index (χ1) is 16.6. The molecule has 0 saturated carbocycles. The molecular formula is C25H33N5O4. The number of nitrogens with zero attached hydrogens (tertiary/aromatic N) is 5. The molecule has 1 aromatic carbocycles. The predicted molar refractivity (Wildman–Crippen MR) is 128 cm³/mol. The predicted octanol–water partition coefficient (Wildman–Crippen LogP) is 4.37. The zero-order chi connectivity index (χ0) is 23.9. The minimum Gasteiger partial charge on any atom is -0.468 e. The molecule has 9 nitrogen and oxygen atoms in total. The van der Waals surface area contributed by atoms with Crippen molar-refractivity contribution >= 4 is 17.3 Å². The van der Waals surface area contributed by atoms with Crippen LogP contribution < -0.4 is 9.47 Å². The van der Waals surface area contributed by atoms with Crippen molar-refractivity contribution in [3.05, 3.63) is 41.6 Å². The summed E-state index contributed by atoms with van der Waals surface area (Å²) in [5, 5.41) is 0. The lowest BCUT2D eigenvalue weighted by atomic mass is 9.98. The number of unbranched alkanes of at least 4 members (excludes halogenated alkanes) is 1. The summed E-state index contributed by atoms with van der Waals surface area (Å²) in [4.78, 5) is 28.2. The molecule has 1 amide bonds. The van der Waals surface area contributed by atoms with E-state index in [9.17, 15) is 4.79 Å². The number of amides is 1. The highest BCUT2D eigenvalue weighted by Gasteiger charge is 2.27. The van der Waals surface area contributed by atoms with Crippen LogP contribution in [0.1, 0.15) is 43.9 Å². The zero-order valence-corrected chi connectivity index (χ0v) is 20.2. The minimum absolute atomic E-state index is 0.226. The van der Waals surface area contributed by atoms with Gasteiger partial charge < -0.3 is 19.1 Å². The van der Waals surface area contributed by atoms with Crippen LogP contribution in [0.5, 0.6) is 12.0 Å². The summed E-state index contributed by atoms with van der Waals surface area (Å²) in [6.45, 7) is 6.81. The highest BCUT2D eigenvalue weighted by atomic mass is 16.6. The third-order valence-corrected chi connectivity index (χ3v) is 6.05. The number of imidazole rings is 1. The lowest BCUT2D eigenvalue weighted by Crippen LogP contribution is -2.41. The van der Waals surface area contributed by atoms with Crippen LogP contribution in [0.15, 0.2) is 30.3 Å². The number of ether oxygens (including phenoxy) is 3. The molecule has 34 heavy (non-hydrogen) atoms. The highest BCUT2D eigenvalue weighted by Crippen LogP contribution is 2.27. The Labute approximate surface area is 200 Å². The van der Waals surface area contributed by atoms with Gasteiger partial charge in [-0.25, -0.2) is 4.79 Å². The monoisotopic (exact) mass is 467 g/mol. The van der Waals surface area contributed by atoms with Crippen molar-refractivity contribution in [2.24, 2.45) is 5.92 Å². The average Bonchev–Trinajstić information content (AvgIpc) is 3.21. The first-order valence-corrected chi connectivity index (χ1v) is 12.0. The number of methoxy groups -OCH3 is 1. The molecule has 182 valence electrons. The number of carbonyl (C=O) groups is 1. The van der Waals surface area contributed by atoms with E-state index in [4.69, 9.17) is 14.2 Å². The Balaban J connectivity index is 1.46. The first kappa shape index (κ1) is 23.8. The second-order valence-corrected chi connectivity index (χ2v) is 8.67. The van der Waals surface area contributed by atoms with Gasteiger partial charge in [0.15, 0.2) is 5.65 Å². The molecule has 4 rings (SSSR count). The Kier molecular flexibility index (Phi) is 7.82. The fraction of sp³-hybridized carbons (Fsp3) is 0.520. The van der Waals surface area contributed by atoms with Crippen LogP contribution >= 0.6 is 0 Å². The van der Waals surface area contributed by atoms with E-state index >= 15 is 0 Å². The Morgan fingerprint density at radius 2 is 2.00 bits per heavy atom. The molecule has 0 bridgehead atoms. The number of hydrogen-bond acceptors (Lipinski definition) is 7. The average molecular weight is 468 g/mol. The van der Waals surface area contributed by atoms with Gasteiger partial charge in [-0.3, -0.25) is 4.57 Å². The number of rotatable bonds is 9. The van der Waals surface area contributed by atoms with E-state index in [0.29, 0.717) is 49.4 Å². The molecule has 0 spiro atoms. The molecule has 3 aromatic rings. The SMILES string of the molecule is CCCCOc1nc(C)c2nc(OC)n(CC3CCCN(C(=O)OCc4ccccc4)C3)c2n1. The van der Waals surface area contributed by atoms with Crippen LogP contribution in [0.2, 0.25) is 0 Å². The molecule has 0 N–H and O–H groups in total. The van der Waals surface area contributed by atoms with Gasteiger partial charge in [-0.15, -0.1) is 0 Å². The fourth-order valence-electron chi connectivity index (χ4n) is 4.23. The van der Waals surface area contributed by atoms with Crippen molar-refractivity contribution in [2.45, 2.75) is 52.7 Å². The van der Waals surface area contributed by atoms with Crippen molar-refractivity contribution in [3.63, 3.8) is 0 Å². The van der Waals surface area contributed by atoms with Crippen LogP contribution in [0.3, 0.4) is 0 Å². The maximum absolute atomic E-state index is 12.7. The second kappa shape index (κ2) is 11.2. The van der Waals surface area contributed by atoms with Crippen LogP contribution in [0, 0.1) is 12.8 Å². The normalized spacial score (nSPS) is 16.0. The summed E-state index contributed by atoms with van der Waals surface area (Å²) in [6, 6.07) is 10.6. The van der Waals surface area contributed by atoms with Crippen molar-refractivity contribution in [3.8, 4) is 12.0 Å². The number of carbonyl (C=O) groups excluding carboxylic acids is 1. The quantitative estimate of drug-likeness (QED) is 0.432. The summed E-state index contributed by atoms with van der Waals surface area (Å²) in [5.41, 5.74) is 3.13. The van der Waals surface area contributed by atoms with Gasteiger partial charge in [0.05, 0.1) is 19.4 Å². The van der Waals surface area contributed by atoms with Crippen LogP contribution in [0.4, 0.5) is 4.79 Å². The molecule has 3 heterocycles. The molecule has 9 heteroatoms. The maximum Gasteiger partial charge on any atom is 0.410 e. The number of aromatic nitrogens is 4. The van der Waals surface area contributed by atoms with Gasteiger partial charge in [0.2, 0.25) is 0 Å². The summed E-state index contributed by atoms with van der Waals surface area (Å²) in [6.07, 6.45) is 3.62. The maximum atomic E-state index is 12.7. The Hall–Kier alpha value is -3.36. The van der Waals surface area contributed by atoms with E-state index in [-0.39, 0.29) is 18.6 Å². The van der Waals surface area contributed by atoms with Crippen molar-refractivity contribution in [1.82, 2.24) is 24.4 Å². The number of hydrogen-bond donors (Lipinski definition) is 0. The zero-order valence-electron chi connectivity index (χ0n) is 20.2. The molecule has 1 unspecified atom stereocenters. The standard InChI is InChI=1S/C25H33N5O4/c1-4-5-14-33-23-26-18(2)21-22(28-23)30(24(27-21)32-3)16-20-12-9-13-29(15-20)25(31)34-17-19-10-7-6-8-11-19/h6-8,10-11,20H,4-5,9,12-17H2,1-3H3. The van der Waals surface area contributed by atoms with Crippen molar-refractivity contribution in [1.29, 1.82) is 0 Å². The highest BCUT2D eigenvalue weighted by molar-refractivity contribution is 5.75. The minimum atomic E-state index is -0.277. The smallest absolute Gasteiger partial charge is 0.410 e. The van der Waals surface area contributed by atoms with E-state index in [1.165, 1.54) is 0 Å². The van der Waals surface area contributed by atoms with Gasteiger partial charge in [-0.2, -0.15) is 15.0 Å². The van der Waals surface area contributed by atoms with E-state index in [0.717, 1.165) is 36.9 Å². The number of aryl methyl sites for hydroxylation is 1. The van der Waals surface area contributed by atoms with Gasteiger partial charge in [0.1, 0.15) is 12.1 Å². The van der Waals surface area contributed by atoms with Gasteiger partial charge in [-0.05, 0) is 37.7 Å². The second-order valence-electron chi connectivity index (χ2n) is 8.67. The third-order valence-electron chi connectivity index (χ3n) is 6.05. The summed E-state index contributed by atoms with van der Waals surface area (Å²) in [7, 11) is 1.60. The third kappa shape index (κ3) is 5.58. The first-order valence-electron chi connectivity index (χ1n) is 12.0. The summed E-state index contributed by atoms with van der Waals surface area (Å²) >= 11 is 0. The number of piperidine rings is 1. The van der Waals surface area contributed by atoms with Crippen LogP contribution in [-0.2, 0) is 17.9 Å². The number of fused-ring (bicyclic) bond motifs is 1. The van der Waals surface area contributed by atoms with Gasteiger partial charge in [-0.1, -0.05) is 43.7 Å². The van der Waals surface area contributed by atoms with Gasteiger partial charge in [0.25, 0.3) is 6.01 Å². The fourth-order valence-corrected chi connectivity index (χ4v) is 4.23. The lowest BCUT2D eigenvalue weighted by Gasteiger charge is -2.32. The van der Waals surface area contributed by atoms with Gasteiger partial charge >= 0.3 is 12.1 Å². The summed E-state index contributed by atoms with van der Waals surface area (Å²) in [5.74, 6) is 0.226. The Morgan fingerprint density at radius 1 is 1.18 bits per heavy atom. The molecule has 1 saturated heterocycles. The molecule has 1 aliphatic rings. The van der Waals surface area contributed by atoms with E-state index in [1.54, 1.807) is 12.0 Å². The van der Waals surface area contributed by atoms with Gasteiger partial charge in [0, 0.05) is 19.6 Å². The molecule has 2 aromatic heterocycles. The number of likely N-dealkylation sites (tertiary alicyclic amines) is 1. The van der Waals surface area contributed by atoms with E-state index in [1.807, 2.05) is 41.8 Å². The summed E-state index contributed by atoms with van der Waals surface area (Å²) < 4.78 is 18.8. The lowest BCUT2D eigenvalue weighted by molar-refractivity contribution is 0.0767. The van der Waals surface area contributed by atoms with E-state index < -0.39 is 0 Å². The van der Waals surface area contributed by atoms with Crippen LogP contribution in [0.25, 0.3) is 11.2 Å². The number of benzene rings is 1. The Bertz CT molecular complexity index is 1100. The van der Waals surface area contributed by atoms with Crippen molar-refractivity contribution in [2.75, 3.05) is 26.8 Å². The topological polar surface area (TPSA) is 91.6 Å². The molecule has 1 fully saturated rings. The molecule has 0 radical (unpaired) electrons. The Morgan fingerprint density at radius 3 is 2.76 bits per heavy atom. The molecule has 0 aliphatic carbocycles. The van der Waals surface area contributed by atoms with Crippen molar-refractivity contribution < 1.29 is 19.0 Å². The van der Waals surface area contributed by atoms with Crippen LogP contribution in [-0.4, -0.2) is 57.3 Å².